The number of hydrogen-bond donors (Lipinski definition) is 1. The van der Waals surface area contributed by atoms with E-state index in [-0.39, 0.29) is 30.3 Å². The van der Waals surface area contributed by atoms with Crippen LogP contribution < -0.4 is 5.73 Å². The van der Waals surface area contributed by atoms with E-state index < -0.39 is 0 Å². The minimum Gasteiger partial charge on any atom is -0.383 e. The van der Waals surface area contributed by atoms with E-state index in [1.165, 1.54) is 17.3 Å². The summed E-state index contributed by atoms with van der Waals surface area (Å²) in [6, 6.07) is 14.3. The highest BCUT2D eigenvalue weighted by Crippen LogP contribution is 2.34. The third-order valence-corrected chi connectivity index (χ3v) is 7.19. The Kier molecular flexibility index (Phi) is 5.71. The van der Waals surface area contributed by atoms with Gasteiger partial charge in [0.1, 0.15) is 17.8 Å². The fourth-order valence-electron chi connectivity index (χ4n) is 5.27. The number of nitrogen functional groups attached to an aromatic ring is 1. The topological polar surface area (TPSA) is 127 Å². The maximum Gasteiger partial charge on any atom is 0.261 e. The SMILES string of the molecule is C=CC(=O)N1CCCC(n2nc(-c3ccc(CN4C(=O)c5ccccc5C4=O)cc3)c3c(N)ncnc32)C1. The third-order valence-electron chi connectivity index (χ3n) is 7.19. The molecule has 0 bridgehead atoms. The van der Waals surface area contributed by atoms with Crippen LogP contribution in [0.25, 0.3) is 22.3 Å². The number of nitrogens with two attached hydrogens (primary N) is 1. The zero-order valence-corrected chi connectivity index (χ0v) is 20.6. The molecule has 1 fully saturated rings. The summed E-state index contributed by atoms with van der Waals surface area (Å²) in [7, 11) is 0. The van der Waals surface area contributed by atoms with Crippen molar-refractivity contribution in [2.24, 2.45) is 0 Å². The summed E-state index contributed by atoms with van der Waals surface area (Å²) in [5.41, 5.74) is 10.00. The Morgan fingerprint density at radius 1 is 1.05 bits per heavy atom. The average Bonchev–Trinajstić information content (AvgIpc) is 3.46. The quantitative estimate of drug-likeness (QED) is 0.325. The Hall–Kier alpha value is -4.86. The number of anilines is 1. The molecule has 4 heterocycles. The molecule has 0 saturated carbocycles. The van der Waals surface area contributed by atoms with Crippen LogP contribution in [0.5, 0.6) is 0 Å². The summed E-state index contributed by atoms with van der Waals surface area (Å²) in [4.78, 5) is 49.4. The molecule has 0 aliphatic carbocycles. The van der Waals surface area contributed by atoms with Crippen molar-refractivity contribution < 1.29 is 14.4 Å². The van der Waals surface area contributed by atoms with Gasteiger partial charge in [0.15, 0.2) is 5.65 Å². The predicted octanol–water partition coefficient (Wildman–Crippen LogP) is 3.22. The number of nitrogens with zero attached hydrogens (tertiary/aromatic N) is 6. The smallest absolute Gasteiger partial charge is 0.261 e. The minimum absolute atomic E-state index is 0.0636. The summed E-state index contributed by atoms with van der Waals surface area (Å²) in [5.74, 6) is -0.364. The number of imide groups is 1. The van der Waals surface area contributed by atoms with E-state index >= 15 is 0 Å². The Morgan fingerprint density at radius 2 is 1.76 bits per heavy atom. The van der Waals surface area contributed by atoms with Crippen molar-refractivity contribution in [1.82, 2.24) is 29.5 Å². The molecule has 2 aromatic carbocycles. The third kappa shape index (κ3) is 3.81. The van der Waals surface area contributed by atoms with E-state index in [9.17, 15) is 14.4 Å². The highest BCUT2D eigenvalue weighted by Gasteiger charge is 2.35. The lowest BCUT2D eigenvalue weighted by Gasteiger charge is -2.32. The van der Waals surface area contributed by atoms with Gasteiger partial charge >= 0.3 is 0 Å². The maximum atomic E-state index is 12.8. The van der Waals surface area contributed by atoms with Crippen LogP contribution in [0.3, 0.4) is 0 Å². The zero-order valence-electron chi connectivity index (χ0n) is 20.6. The second kappa shape index (κ2) is 9.22. The van der Waals surface area contributed by atoms with E-state index in [2.05, 4.69) is 16.5 Å². The lowest BCUT2D eigenvalue weighted by Crippen LogP contribution is -2.40. The molecule has 38 heavy (non-hydrogen) atoms. The summed E-state index contributed by atoms with van der Waals surface area (Å²) in [6.07, 6.45) is 4.44. The molecular weight excluding hydrogens is 482 g/mol. The van der Waals surface area contributed by atoms with E-state index in [1.807, 2.05) is 28.9 Å². The van der Waals surface area contributed by atoms with Gasteiger partial charge in [-0.25, -0.2) is 14.6 Å². The number of carbonyl (C=O) groups excluding carboxylic acids is 3. The fraction of sp³-hybridized carbons (Fsp3) is 0.214. The second-order valence-corrected chi connectivity index (χ2v) is 9.47. The van der Waals surface area contributed by atoms with Crippen molar-refractivity contribution in [3.63, 3.8) is 0 Å². The number of hydrogen-bond acceptors (Lipinski definition) is 7. The Labute approximate surface area is 218 Å². The van der Waals surface area contributed by atoms with Gasteiger partial charge in [-0.2, -0.15) is 5.10 Å². The van der Waals surface area contributed by atoms with Crippen LogP contribution in [0.2, 0.25) is 0 Å². The first kappa shape index (κ1) is 23.5. The highest BCUT2D eigenvalue weighted by atomic mass is 16.2. The first-order valence-electron chi connectivity index (χ1n) is 12.4. The first-order chi connectivity index (χ1) is 18.5. The maximum absolute atomic E-state index is 12.8. The average molecular weight is 508 g/mol. The molecular formula is C28H25N7O3. The molecule has 1 unspecified atom stereocenters. The normalized spacial score (nSPS) is 17.2. The van der Waals surface area contributed by atoms with Gasteiger partial charge in [0.05, 0.1) is 29.1 Å². The van der Waals surface area contributed by atoms with Gasteiger partial charge in [-0.3, -0.25) is 19.3 Å². The number of likely N-dealkylation sites (tertiary alicyclic amines) is 1. The van der Waals surface area contributed by atoms with Crippen LogP contribution in [0.15, 0.2) is 67.5 Å². The highest BCUT2D eigenvalue weighted by molar-refractivity contribution is 6.21. The molecule has 2 aromatic heterocycles. The number of aromatic nitrogens is 4. The van der Waals surface area contributed by atoms with Crippen LogP contribution in [0.4, 0.5) is 5.82 Å². The van der Waals surface area contributed by atoms with Crippen LogP contribution in [-0.2, 0) is 11.3 Å². The lowest BCUT2D eigenvalue weighted by atomic mass is 10.1. The molecule has 2 aliphatic heterocycles. The van der Waals surface area contributed by atoms with Crippen molar-refractivity contribution >= 4 is 34.6 Å². The molecule has 2 aliphatic rings. The van der Waals surface area contributed by atoms with Crippen molar-refractivity contribution in [3.05, 3.63) is 84.2 Å². The molecule has 0 radical (unpaired) electrons. The van der Waals surface area contributed by atoms with Gasteiger partial charge in [0.25, 0.3) is 11.8 Å². The molecule has 1 atom stereocenters. The molecule has 6 rings (SSSR count). The van der Waals surface area contributed by atoms with Crippen LogP contribution in [-0.4, -0.2) is 60.4 Å². The summed E-state index contributed by atoms with van der Waals surface area (Å²) >= 11 is 0. The van der Waals surface area contributed by atoms with Gasteiger partial charge in [-0.15, -0.1) is 0 Å². The number of benzene rings is 2. The predicted molar refractivity (Wildman–Crippen MR) is 141 cm³/mol. The molecule has 190 valence electrons. The van der Waals surface area contributed by atoms with Gasteiger partial charge in [-0.05, 0) is 36.6 Å². The van der Waals surface area contributed by atoms with Gasteiger partial charge in [0.2, 0.25) is 5.91 Å². The number of amides is 3. The van der Waals surface area contributed by atoms with Crippen LogP contribution in [0.1, 0.15) is 45.2 Å². The van der Waals surface area contributed by atoms with Crippen molar-refractivity contribution in [3.8, 4) is 11.3 Å². The van der Waals surface area contributed by atoms with Crippen LogP contribution >= 0.6 is 0 Å². The van der Waals surface area contributed by atoms with Gasteiger partial charge in [0, 0.05) is 18.7 Å². The van der Waals surface area contributed by atoms with Crippen molar-refractivity contribution in [2.45, 2.75) is 25.4 Å². The van der Waals surface area contributed by atoms with Gasteiger partial charge in [-0.1, -0.05) is 43.0 Å². The Bertz CT molecular complexity index is 1570. The Balaban J connectivity index is 1.31. The van der Waals surface area contributed by atoms with E-state index in [1.54, 1.807) is 29.2 Å². The first-order valence-corrected chi connectivity index (χ1v) is 12.4. The zero-order chi connectivity index (χ0) is 26.4. The molecule has 10 nitrogen and oxygen atoms in total. The molecule has 1 saturated heterocycles. The van der Waals surface area contributed by atoms with E-state index in [4.69, 9.17) is 10.8 Å². The van der Waals surface area contributed by atoms with Crippen molar-refractivity contribution in [1.29, 1.82) is 0 Å². The standard InChI is InChI=1S/C28H25N7O3/c1-2-22(36)33-13-5-6-19(15-33)35-26-23(25(29)30-16-31-26)24(32-35)18-11-9-17(10-12-18)14-34-27(37)20-7-3-4-8-21(20)28(34)38/h2-4,7-12,16,19H,1,5-6,13-15H2,(H2,29,30,31). The fourth-order valence-corrected chi connectivity index (χ4v) is 5.27. The summed E-state index contributed by atoms with van der Waals surface area (Å²) in [6.45, 7) is 4.96. The molecule has 2 N–H and O–H groups in total. The monoisotopic (exact) mass is 507 g/mol. The molecule has 10 heteroatoms. The Morgan fingerprint density at radius 3 is 2.45 bits per heavy atom. The number of carbonyl (C=O) groups is 3. The van der Waals surface area contributed by atoms with E-state index in [0.29, 0.717) is 46.8 Å². The van der Waals surface area contributed by atoms with Gasteiger partial charge < -0.3 is 10.6 Å². The number of fused-ring (bicyclic) bond motifs is 2. The molecule has 3 amide bonds. The van der Waals surface area contributed by atoms with Crippen LogP contribution in [0, 0.1) is 0 Å². The lowest BCUT2D eigenvalue weighted by molar-refractivity contribution is -0.127. The van der Waals surface area contributed by atoms with Crippen molar-refractivity contribution in [2.75, 3.05) is 18.8 Å². The van der Waals surface area contributed by atoms with E-state index in [0.717, 1.165) is 24.0 Å². The summed E-state index contributed by atoms with van der Waals surface area (Å²) < 4.78 is 1.85. The number of rotatable bonds is 5. The second-order valence-electron chi connectivity index (χ2n) is 9.47. The molecule has 0 spiro atoms. The minimum atomic E-state index is -0.291. The largest absolute Gasteiger partial charge is 0.383 e. The number of piperidine rings is 1. The summed E-state index contributed by atoms with van der Waals surface area (Å²) in [5, 5.41) is 5.55. The molecule has 4 aromatic rings.